The lowest BCUT2D eigenvalue weighted by molar-refractivity contribution is 0.461. The summed E-state index contributed by atoms with van der Waals surface area (Å²) >= 11 is 0. The minimum absolute atomic E-state index is 0.0471. The van der Waals surface area contributed by atoms with Crippen LogP contribution in [0.5, 0.6) is 0 Å². The molecule has 1 aliphatic carbocycles. The van der Waals surface area contributed by atoms with E-state index in [0.29, 0.717) is 0 Å². The minimum atomic E-state index is -0.0471. The lowest BCUT2D eigenvalue weighted by atomic mass is 9.94. The van der Waals surface area contributed by atoms with Crippen molar-refractivity contribution >= 4 is 0 Å². The van der Waals surface area contributed by atoms with Crippen molar-refractivity contribution in [3.63, 3.8) is 0 Å². The molecule has 0 bridgehead atoms. The quantitative estimate of drug-likeness (QED) is 0.816. The summed E-state index contributed by atoms with van der Waals surface area (Å²) in [6.45, 7) is 6.94. The number of rotatable bonds is 5. The molecule has 0 radical (unpaired) electrons. The number of hydrogen-bond donors (Lipinski definition) is 1. The molecule has 1 aromatic rings. The van der Waals surface area contributed by atoms with E-state index >= 15 is 0 Å². The average molecular weight is 235 g/mol. The zero-order valence-corrected chi connectivity index (χ0v) is 11.0. The molecule has 2 heteroatoms. The molecular formula is C15H22FN. The number of benzene rings is 1. The Morgan fingerprint density at radius 1 is 1.35 bits per heavy atom. The topological polar surface area (TPSA) is 12.0 Å². The average Bonchev–Trinajstić information content (AvgIpc) is 3.00. The monoisotopic (exact) mass is 235 g/mol. The molecular weight excluding hydrogens is 213 g/mol. The van der Waals surface area contributed by atoms with Gasteiger partial charge in [0.25, 0.3) is 0 Å². The first-order valence-electron chi connectivity index (χ1n) is 6.61. The largest absolute Gasteiger partial charge is 0.310 e. The van der Waals surface area contributed by atoms with E-state index in [1.165, 1.54) is 12.8 Å². The number of aryl methyl sites for hydroxylation is 2. The summed E-state index contributed by atoms with van der Waals surface area (Å²) in [5.41, 5.74) is 2.96. The Hall–Kier alpha value is -0.890. The summed E-state index contributed by atoms with van der Waals surface area (Å²) in [5, 5.41) is 3.43. The Morgan fingerprint density at radius 2 is 2.06 bits per heavy atom. The van der Waals surface area contributed by atoms with Gasteiger partial charge in [0.15, 0.2) is 0 Å². The van der Waals surface area contributed by atoms with Crippen LogP contribution in [0.25, 0.3) is 0 Å². The highest BCUT2D eigenvalue weighted by atomic mass is 19.1. The smallest absolute Gasteiger partial charge is 0.128 e. The van der Waals surface area contributed by atoms with Crippen molar-refractivity contribution in [2.24, 2.45) is 5.92 Å². The van der Waals surface area contributed by atoms with Crippen molar-refractivity contribution in [2.75, 3.05) is 6.54 Å². The van der Waals surface area contributed by atoms with Gasteiger partial charge < -0.3 is 5.32 Å². The van der Waals surface area contributed by atoms with Crippen LogP contribution in [0.3, 0.4) is 0 Å². The predicted molar refractivity (Wildman–Crippen MR) is 69.6 cm³/mol. The van der Waals surface area contributed by atoms with E-state index in [0.717, 1.165) is 35.6 Å². The molecule has 94 valence electrons. The van der Waals surface area contributed by atoms with E-state index in [1.54, 1.807) is 6.07 Å². The van der Waals surface area contributed by atoms with Crippen LogP contribution >= 0.6 is 0 Å². The summed E-state index contributed by atoms with van der Waals surface area (Å²) in [4.78, 5) is 0. The molecule has 1 atom stereocenters. The molecule has 1 unspecified atom stereocenters. The van der Waals surface area contributed by atoms with Gasteiger partial charge in [0.05, 0.1) is 0 Å². The fourth-order valence-electron chi connectivity index (χ4n) is 2.60. The minimum Gasteiger partial charge on any atom is -0.310 e. The lowest BCUT2D eigenvalue weighted by Gasteiger charge is -2.21. The standard InChI is InChI=1S/C15H22FN/c1-4-17-14(9-12-5-6-12)15-11(3)7-10(2)8-13(15)16/h7-8,12,14,17H,4-6,9H2,1-3H3. The van der Waals surface area contributed by atoms with Gasteiger partial charge in [0, 0.05) is 11.6 Å². The molecule has 0 heterocycles. The highest BCUT2D eigenvalue weighted by Gasteiger charge is 2.28. The maximum absolute atomic E-state index is 14.1. The molecule has 2 rings (SSSR count). The molecule has 1 aliphatic rings. The first kappa shape index (κ1) is 12.6. The Balaban J connectivity index is 2.26. The van der Waals surface area contributed by atoms with E-state index < -0.39 is 0 Å². The van der Waals surface area contributed by atoms with Gasteiger partial charge in [-0.15, -0.1) is 0 Å². The molecule has 1 nitrogen and oxygen atoms in total. The Morgan fingerprint density at radius 3 is 2.59 bits per heavy atom. The molecule has 17 heavy (non-hydrogen) atoms. The summed E-state index contributed by atoms with van der Waals surface area (Å²) < 4.78 is 14.1. The molecule has 0 amide bonds. The Bertz CT molecular complexity index is 373. The van der Waals surface area contributed by atoms with Crippen LogP contribution in [-0.4, -0.2) is 6.54 Å². The van der Waals surface area contributed by atoms with Gasteiger partial charge in [-0.2, -0.15) is 0 Å². The third-order valence-corrected chi connectivity index (χ3v) is 3.55. The fraction of sp³-hybridized carbons (Fsp3) is 0.600. The van der Waals surface area contributed by atoms with Crippen LogP contribution in [-0.2, 0) is 0 Å². The van der Waals surface area contributed by atoms with Crippen LogP contribution < -0.4 is 5.32 Å². The molecule has 1 aromatic carbocycles. The molecule has 1 fully saturated rings. The Kier molecular flexibility index (Phi) is 3.82. The fourth-order valence-corrected chi connectivity index (χ4v) is 2.60. The van der Waals surface area contributed by atoms with E-state index in [-0.39, 0.29) is 11.9 Å². The second-order valence-corrected chi connectivity index (χ2v) is 5.27. The maximum atomic E-state index is 14.1. The molecule has 0 saturated heterocycles. The first-order valence-corrected chi connectivity index (χ1v) is 6.61. The van der Waals surface area contributed by atoms with Gasteiger partial charge in [0.1, 0.15) is 5.82 Å². The lowest BCUT2D eigenvalue weighted by Crippen LogP contribution is -2.23. The van der Waals surface area contributed by atoms with Gasteiger partial charge in [-0.3, -0.25) is 0 Å². The van der Waals surface area contributed by atoms with Crippen molar-refractivity contribution in [3.8, 4) is 0 Å². The van der Waals surface area contributed by atoms with Gasteiger partial charge in [-0.05, 0) is 49.9 Å². The molecule has 0 spiro atoms. The third-order valence-electron chi connectivity index (χ3n) is 3.55. The van der Waals surface area contributed by atoms with E-state index in [4.69, 9.17) is 0 Å². The second-order valence-electron chi connectivity index (χ2n) is 5.27. The highest BCUT2D eigenvalue weighted by Crippen LogP contribution is 2.39. The van der Waals surface area contributed by atoms with Crippen LogP contribution in [0.1, 0.15) is 48.9 Å². The van der Waals surface area contributed by atoms with E-state index in [2.05, 4.69) is 18.3 Å². The van der Waals surface area contributed by atoms with Gasteiger partial charge in [-0.25, -0.2) is 4.39 Å². The van der Waals surface area contributed by atoms with Crippen molar-refractivity contribution < 1.29 is 4.39 Å². The summed E-state index contributed by atoms with van der Waals surface area (Å²) in [6, 6.07) is 3.92. The predicted octanol–water partition coefficient (Wildman–Crippen LogP) is 3.89. The van der Waals surface area contributed by atoms with Crippen LogP contribution in [0.4, 0.5) is 4.39 Å². The van der Waals surface area contributed by atoms with Gasteiger partial charge in [0.2, 0.25) is 0 Å². The van der Waals surface area contributed by atoms with Crippen molar-refractivity contribution in [1.29, 1.82) is 0 Å². The van der Waals surface area contributed by atoms with E-state index in [9.17, 15) is 4.39 Å². The van der Waals surface area contributed by atoms with Crippen molar-refractivity contribution in [3.05, 3.63) is 34.6 Å². The normalized spacial score (nSPS) is 17.2. The summed E-state index contributed by atoms with van der Waals surface area (Å²) in [6.07, 6.45) is 3.71. The zero-order chi connectivity index (χ0) is 12.4. The molecule has 1 N–H and O–H groups in total. The Labute approximate surface area is 103 Å². The second kappa shape index (κ2) is 5.18. The van der Waals surface area contributed by atoms with E-state index in [1.807, 2.05) is 13.8 Å². The van der Waals surface area contributed by atoms with Gasteiger partial charge >= 0.3 is 0 Å². The number of hydrogen-bond acceptors (Lipinski definition) is 1. The zero-order valence-electron chi connectivity index (χ0n) is 11.0. The maximum Gasteiger partial charge on any atom is 0.128 e. The first-order chi connectivity index (χ1) is 8.11. The summed E-state index contributed by atoms with van der Waals surface area (Å²) in [7, 11) is 0. The third kappa shape index (κ3) is 3.06. The SMILES string of the molecule is CCNC(CC1CC1)c1c(C)cc(C)cc1F. The summed E-state index contributed by atoms with van der Waals surface area (Å²) in [5.74, 6) is 0.758. The van der Waals surface area contributed by atoms with Gasteiger partial charge in [-0.1, -0.05) is 25.8 Å². The van der Waals surface area contributed by atoms with Crippen LogP contribution in [0.15, 0.2) is 12.1 Å². The van der Waals surface area contributed by atoms with Crippen molar-refractivity contribution in [2.45, 2.75) is 46.1 Å². The highest BCUT2D eigenvalue weighted by molar-refractivity contribution is 5.34. The van der Waals surface area contributed by atoms with Crippen LogP contribution in [0, 0.1) is 25.6 Å². The molecule has 1 saturated carbocycles. The number of nitrogens with one attached hydrogen (secondary N) is 1. The van der Waals surface area contributed by atoms with Crippen molar-refractivity contribution in [1.82, 2.24) is 5.32 Å². The number of halogens is 1. The molecule has 0 aromatic heterocycles. The van der Waals surface area contributed by atoms with Crippen LogP contribution in [0.2, 0.25) is 0 Å². The molecule has 0 aliphatic heterocycles.